The number of halogens is 15. The van der Waals surface area contributed by atoms with Gasteiger partial charge in [-0.15, -0.1) is 0 Å². The normalized spacial score (nSPS) is 17.2. The molecule has 0 aliphatic rings. The molecule has 0 aliphatic carbocycles. The molecule has 0 aliphatic heterocycles. The van der Waals surface area contributed by atoms with Crippen LogP contribution < -0.4 is 0 Å². The number of alkyl halides is 15. The second kappa shape index (κ2) is 8.58. The Morgan fingerprint density at radius 3 is 1.22 bits per heavy atom. The maximum atomic E-state index is 14.4. The molecule has 0 amide bonds. The molecule has 1 N–H and O–H groups in total. The van der Waals surface area contributed by atoms with Crippen LogP contribution in [0.25, 0.3) is 0 Å². The molecular formula is C20H19F15O. The number of rotatable bonds is 8. The molecule has 0 spiro atoms. The summed E-state index contributed by atoms with van der Waals surface area (Å²) < 4.78 is 201. The molecular weight excluding hydrogens is 541 g/mol. The quantitative estimate of drug-likeness (QED) is 0.320. The molecule has 0 radical (unpaired) electrons. The molecule has 210 valence electrons. The third kappa shape index (κ3) is 4.73. The van der Waals surface area contributed by atoms with Crippen LogP contribution in [-0.4, -0.2) is 46.8 Å². The van der Waals surface area contributed by atoms with E-state index in [1.54, 1.807) is 0 Å². The zero-order valence-corrected chi connectivity index (χ0v) is 18.6. The lowest BCUT2D eigenvalue weighted by Crippen LogP contribution is -2.72. The standard InChI is InChI=1S/C20H19F15O/c1-12(2,3)10-7-5-6-8-11(10)13(4,36)9-14(21,22)15(23,24)16(25,26)17(27,28)18(29,30)19(31,32)20(33,34)35/h5-8,36H,9H2,1-4H3. The van der Waals surface area contributed by atoms with Gasteiger partial charge in [-0.2, -0.15) is 65.9 Å². The third-order valence-corrected chi connectivity index (χ3v) is 5.27. The Balaban J connectivity index is 3.64. The fourth-order valence-electron chi connectivity index (χ4n) is 3.24. The highest BCUT2D eigenvalue weighted by atomic mass is 19.4. The summed E-state index contributed by atoms with van der Waals surface area (Å²) >= 11 is 0. The number of benzene rings is 1. The SMILES string of the molecule is CC(C)(C)c1ccccc1C(C)(O)CC(F)(F)C(F)(F)C(F)(F)C(F)(F)C(F)(F)C(F)(F)C(F)(F)F. The van der Waals surface area contributed by atoms with Gasteiger partial charge in [0, 0.05) is 0 Å². The minimum Gasteiger partial charge on any atom is -0.385 e. The van der Waals surface area contributed by atoms with Gasteiger partial charge in [0.05, 0.1) is 12.0 Å². The topological polar surface area (TPSA) is 20.2 Å². The summed E-state index contributed by atoms with van der Waals surface area (Å²) in [7, 11) is 0. The van der Waals surface area contributed by atoms with E-state index >= 15 is 0 Å². The fraction of sp³-hybridized carbons (Fsp3) is 0.700. The summed E-state index contributed by atoms with van der Waals surface area (Å²) in [6, 6.07) is 4.45. The smallest absolute Gasteiger partial charge is 0.385 e. The van der Waals surface area contributed by atoms with Gasteiger partial charge in [-0.3, -0.25) is 0 Å². The van der Waals surface area contributed by atoms with E-state index in [0.717, 1.165) is 12.1 Å². The Hall–Kier alpha value is -1.87. The van der Waals surface area contributed by atoms with Crippen LogP contribution in [-0.2, 0) is 11.0 Å². The Morgan fingerprint density at radius 2 is 0.861 bits per heavy atom. The maximum Gasteiger partial charge on any atom is 0.460 e. The van der Waals surface area contributed by atoms with E-state index in [1.807, 2.05) is 0 Å². The van der Waals surface area contributed by atoms with Crippen LogP contribution in [0.1, 0.15) is 45.2 Å². The second-order valence-electron chi connectivity index (χ2n) is 9.32. The van der Waals surface area contributed by atoms with Gasteiger partial charge in [-0.05, 0) is 23.5 Å². The van der Waals surface area contributed by atoms with Crippen LogP contribution in [0.5, 0.6) is 0 Å². The molecule has 1 aromatic rings. The van der Waals surface area contributed by atoms with Crippen LogP contribution in [0, 0.1) is 0 Å². The predicted molar refractivity (Wildman–Crippen MR) is 95.1 cm³/mol. The lowest BCUT2D eigenvalue weighted by Gasteiger charge is -2.43. The van der Waals surface area contributed by atoms with Crippen molar-refractivity contribution in [2.75, 3.05) is 0 Å². The second-order valence-corrected chi connectivity index (χ2v) is 9.32. The summed E-state index contributed by atoms with van der Waals surface area (Å²) in [5.74, 6) is -47.1. The Labute approximate surface area is 194 Å². The summed E-state index contributed by atoms with van der Waals surface area (Å²) in [5.41, 5.74) is -4.89. The summed E-state index contributed by atoms with van der Waals surface area (Å²) in [6.07, 6.45) is -10.5. The molecule has 1 rings (SSSR count). The van der Waals surface area contributed by atoms with Crippen molar-refractivity contribution < 1.29 is 71.0 Å². The van der Waals surface area contributed by atoms with Crippen LogP contribution in [0.15, 0.2) is 24.3 Å². The minimum absolute atomic E-state index is 0.0254. The summed E-state index contributed by atoms with van der Waals surface area (Å²) in [6.45, 7) is 4.68. The van der Waals surface area contributed by atoms with Gasteiger partial charge < -0.3 is 5.11 Å². The van der Waals surface area contributed by atoms with Gasteiger partial charge in [0.2, 0.25) is 0 Å². The highest BCUT2D eigenvalue weighted by molar-refractivity contribution is 5.37. The molecule has 0 heterocycles. The van der Waals surface area contributed by atoms with Gasteiger partial charge in [0.1, 0.15) is 0 Å². The molecule has 0 aromatic heterocycles. The molecule has 36 heavy (non-hydrogen) atoms. The monoisotopic (exact) mass is 560 g/mol. The summed E-state index contributed by atoms with van der Waals surface area (Å²) in [4.78, 5) is 0. The first kappa shape index (κ1) is 32.2. The van der Waals surface area contributed by atoms with Crippen LogP contribution in [0.4, 0.5) is 65.9 Å². The van der Waals surface area contributed by atoms with Crippen molar-refractivity contribution in [1.82, 2.24) is 0 Å². The zero-order valence-electron chi connectivity index (χ0n) is 18.6. The zero-order chi connectivity index (χ0) is 29.2. The van der Waals surface area contributed by atoms with E-state index < -0.39 is 64.7 Å². The lowest BCUT2D eigenvalue weighted by atomic mass is 9.76. The Bertz CT molecular complexity index is 939. The van der Waals surface area contributed by atoms with E-state index in [0.29, 0.717) is 6.92 Å². The first-order valence-electron chi connectivity index (χ1n) is 9.59. The van der Waals surface area contributed by atoms with Crippen LogP contribution >= 0.6 is 0 Å². The minimum atomic E-state index is -8.36. The Morgan fingerprint density at radius 1 is 0.528 bits per heavy atom. The predicted octanol–water partition coefficient (Wildman–Crippen LogP) is 7.96. The van der Waals surface area contributed by atoms with Crippen molar-refractivity contribution in [3.8, 4) is 0 Å². The van der Waals surface area contributed by atoms with Gasteiger partial charge in [0.25, 0.3) is 0 Å². The first-order chi connectivity index (χ1) is 15.4. The van der Waals surface area contributed by atoms with E-state index in [9.17, 15) is 71.0 Å². The van der Waals surface area contributed by atoms with Crippen molar-refractivity contribution in [2.24, 2.45) is 0 Å². The van der Waals surface area contributed by atoms with Crippen molar-refractivity contribution in [2.45, 2.75) is 86.8 Å². The van der Waals surface area contributed by atoms with E-state index in [2.05, 4.69) is 0 Å². The number of aliphatic hydroxyl groups is 1. The molecule has 1 aromatic carbocycles. The van der Waals surface area contributed by atoms with Crippen LogP contribution in [0.3, 0.4) is 0 Å². The van der Waals surface area contributed by atoms with Crippen molar-refractivity contribution >= 4 is 0 Å². The van der Waals surface area contributed by atoms with Crippen molar-refractivity contribution in [3.63, 3.8) is 0 Å². The van der Waals surface area contributed by atoms with E-state index in [4.69, 9.17) is 0 Å². The number of hydrogen-bond acceptors (Lipinski definition) is 1. The molecule has 0 fully saturated rings. The average Bonchev–Trinajstić information content (AvgIpc) is 2.64. The molecule has 1 unspecified atom stereocenters. The molecule has 1 atom stereocenters. The largest absolute Gasteiger partial charge is 0.460 e. The molecule has 0 bridgehead atoms. The average molecular weight is 560 g/mol. The van der Waals surface area contributed by atoms with Gasteiger partial charge >= 0.3 is 41.7 Å². The molecule has 1 nitrogen and oxygen atoms in total. The first-order valence-corrected chi connectivity index (χ1v) is 9.59. The highest BCUT2D eigenvalue weighted by Gasteiger charge is 2.93. The van der Waals surface area contributed by atoms with Gasteiger partial charge in [-0.25, -0.2) is 0 Å². The van der Waals surface area contributed by atoms with Crippen molar-refractivity contribution in [3.05, 3.63) is 35.4 Å². The molecule has 16 heteroatoms. The van der Waals surface area contributed by atoms with Gasteiger partial charge in [-0.1, -0.05) is 45.0 Å². The Kier molecular flexibility index (Phi) is 7.67. The van der Waals surface area contributed by atoms with Crippen molar-refractivity contribution in [1.29, 1.82) is 0 Å². The van der Waals surface area contributed by atoms with Crippen LogP contribution in [0.2, 0.25) is 0 Å². The van der Waals surface area contributed by atoms with E-state index in [-0.39, 0.29) is 5.56 Å². The maximum absolute atomic E-state index is 14.4. The third-order valence-electron chi connectivity index (χ3n) is 5.27. The highest BCUT2D eigenvalue weighted by Crippen LogP contribution is 2.63. The van der Waals surface area contributed by atoms with Gasteiger partial charge in [0.15, 0.2) is 0 Å². The fourth-order valence-corrected chi connectivity index (χ4v) is 3.24. The van der Waals surface area contributed by atoms with E-state index in [1.165, 1.54) is 32.9 Å². The number of hydrogen-bond donors (Lipinski definition) is 1. The summed E-state index contributed by atoms with van der Waals surface area (Å²) in [5, 5.41) is 10.4. The molecule has 0 saturated heterocycles. The lowest BCUT2D eigenvalue weighted by molar-refractivity contribution is -0.453. The molecule has 0 saturated carbocycles.